The largest absolute Gasteiger partial charge is 0.377 e. The average Bonchev–Trinajstić information content (AvgIpc) is 2.81. The number of hydrogen-bond acceptors (Lipinski definition) is 5. The van der Waals surface area contributed by atoms with E-state index in [1.165, 1.54) is 37.1 Å². The van der Waals surface area contributed by atoms with Gasteiger partial charge in [0.05, 0.1) is 5.69 Å². The molecule has 5 nitrogen and oxygen atoms in total. The number of para-hydroxylation sites is 1. The Balaban J connectivity index is 1.43. The van der Waals surface area contributed by atoms with Gasteiger partial charge in [-0.2, -0.15) is 0 Å². The highest BCUT2D eigenvalue weighted by Crippen LogP contribution is 2.48. The van der Waals surface area contributed by atoms with Crippen molar-refractivity contribution < 1.29 is 4.79 Å². The summed E-state index contributed by atoms with van der Waals surface area (Å²) in [5, 5.41) is -0.263. The highest BCUT2D eigenvalue weighted by Gasteiger charge is 2.36. The first-order valence-electron chi connectivity index (χ1n) is 12.4. The van der Waals surface area contributed by atoms with Crippen LogP contribution < -0.4 is 9.80 Å². The number of amides is 1. The van der Waals surface area contributed by atoms with Crippen molar-refractivity contribution in [3.63, 3.8) is 0 Å². The molecule has 1 saturated heterocycles. The van der Waals surface area contributed by atoms with E-state index in [2.05, 4.69) is 46.8 Å². The molecule has 2 aromatic rings. The van der Waals surface area contributed by atoms with E-state index in [9.17, 15) is 4.79 Å². The van der Waals surface area contributed by atoms with Crippen molar-refractivity contribution in [2.75, 3.05) is 37.0 Å². The molecule has 1 aromatic carbocycles. The molecule has 6 heteroatoms. The van der Waals surface area contributed by atoms with Crippen molar-refractivity contribution in [1.29, 1.82) is 0 Å². The summed E-state index contributed by atoms with van der Waals surface area (Å²) in [7, 11) is 4.04. The van der Waals surface area contributed by atoms with Gasteiger partial charge in [-0.05, 0) is 64.3 Å². The van der Waals surface area contributed by atoms with E-state index < -0.39 is 0 Å². The molecule has 1 fully saturated rings. The van der Waals surface area contributed by atoms with Crippen molar-refractivity contribution in [3.8, 4) is 0 Å². The van der Waals surface area contributed by atoms with Gasteiger partial charge in [0.15, 0.2) is 0 Å². The molecule has 178 valence electrons. The Morgan fingerprint density at radius 1 is 1.03 bits per heavy atom. The molecule has 2 aliphatic rings. The van der Waals surface area contributed by atoms with Gasteiger partial charge in [-0.1, -0.05) is 25.0 Å². The maximum Gasteiger partial charge on any atom is 0.245 e. The van der Waals surface area contributed by atoms with Crippen molar-refractivity contribution in [2.45, 2.75) is 74.6 Å². The third-order valence-corrected chi connectivity index (χ3v) is 8.45. The molecule has 1 unspecified atom stereocenters. The lowest BCUT2D eigenvalue weighted by Crippen LogP contribution is -2.44. The fourth-order valence-electron chi connectivity index (χ4n) is 5.31. The van der Waals surface area contributed by atoms with Crippen LogP contribution in [0.15, 0.2) is 47.6 Å². The van der Waals surface area contributed by atoms with Crippen molar-refractivity contribution in [2.24, 2.45) is 0 Å². The summed E-state index contributed by atoms with van der Waals surface area (Å²) >= 11 is 1.65. The zero-order chi connectivity index (χ0) is 23.4. The normalized spacial score (nSPS) is 23.5. The van der Waals surface area contributed by atoms with Crippen LogP contribution in [0.2, 0.25) is 0 Å². The highest BCUT2D eigenvalue weighted by atomic mass is 32.2. The predicted molar refractivity (Wildman–Crippen MR) is 139 cm³/mol. The van der Waals surface area contributed by atoms with Crippen molar-refractivity contribution in [3.05, 3.63) is 48.3 Å². The summed E-state index contributed by atoms with van der Waals surface area (Å²) < 4.78 is 0. The number of rotatable bonds is 8. The van der Waals surface area contributed by atoms with Crippen LogP contribution in [0.25, 0.3) is 0 Å². The van der Waals surface area contributed by atoms with Crippen LogP contribution in [-0.2, 0) is 4.79 Å². The van der Waals surface area contributed by atoms with Gasteiger partial charge in [-0.15, -0.1) is 11.8 Å². The van der Waals surface area contributed by atoms with Gasteiger partial charge < -0.3 is 9.80 Å². The van der Waals surface area contributed by atoms with Gasteiger partial charge in [-0.25, -0.2) is 0 Å². The molecule has 1 aromatic heterocycles. The first kappa shape index (κ1) is 24.1. The summed E-state index contributed by atoms with van der Waals surface area (Å²) in [4.78, 5) is 26.0. The van der Waals surface area contributed by atoms with Crippen LogP contribution in [0.5, 0.6) is 0 Å². The number of piperidine rings is 1. The van der Waals surface area contributed by atoms with Gasteiger partial charge in [0.25, 0.3) is 0 Å². The molecule has 0 aliphatic carbocycles. The first-order chi connectivity index (χ1) is 16.0. The van der Waals surface area contributed by atoms with E-state index >= 15 is 0 Å². The number of carbonyl (C=O) groups excluding carboxylic acids is 1. The SMILES string of the molecule is C[C@@H]1CCC[C@H](C)N1CCCCCN1C(=O)C(c2cnccc2N(C)C)Sc2ccccc21. The number of thioether (sulfide) groups is 1. The number of anilines is 2. The fraction of sp³-hybridized carbons (Fsp3) is 0.556. The van der Waals surface area contributed by atoms with Crippen LogP contribution in [0.4, 0.5) is 11.4 Å². The third-order valence-electron chi connectivity index (χ3n) is 7.16. The van der Waals surface area contributed by atoms with Gasteiger partial charge in [0.1, 0.15) is 5.25 Å². The van der Waals surface area contributed by atoms with E-state index in [0.717, 1.165) is 36.3 Å². The molecule has 0 spiro atoms. The standard InChI is InChI=1S/C27H38N4OS/c1-20-11-10-12-21(2)30(20)17-8-5-9-18-31-24-13-6-7-14-25(24)33-26(27(31)32)22-19-28-16-15-23(22)29(3)4/h6-7,13-16,19-21,26H,5,8-12,17-18H2,1-4H3/t20-,21+,26?. The monoisotopic (exact) mass is 466 g/mol. The number of nitrogens with zero attached hydrogens (tertiary/aromatic N) is 4. The Labute approximate surface area is 203 Å². The Morgan fingerprint density at radius 3 is 2.52 bits per heavy atom. The molecular weight excluding hydrogens is 428 g/mol. The number of benzene rings is 1. The number of fused-ring (bicyclic) bond motifs is 1. The van der Waals surface area contributed by atoms with E-state index in [1.54, 1.807) is 18.0 Å². The van der Waals surface area contributed by atoms with Gasteiger partial charge in [-0.3, -0.25) is 14.7 Å². The molecule has 4 rings (SSSR count). The number of aromatic nitrogens is 1. The summed E-state index contributed by atoms with van der Waals surface area (Å²) in [6, 6.07) is 11.7. The lowest BCUT2D eigenvalue weighted by molar-refractivity contribution is -0.118. The van der Waals surface area contributed by atoms with E-state index in [0.29, 0.717) is 12.1 Å². The molecule has 3 atom stereocenters. The van der Waals surface area contributed by atoms with Crippen LogP contribution >= 0.6 is 11.8 Å². The molecule has 0 bridgehead atoms. The summed E-state index contributed by atoms with van der Waals surface area (Å²) in [6.45, 7) is 6.69. The van der Waals surface area contributed by atoms with Crippen LogP contribution in [0.3, 0.4) is 0 Å². The Hall–Kier alpha value is -2.05. The number of likely N-dealkylation sites (tertiary alicyclic amines) is 1. The minimum atomic E-state index is -0.263. The second kappa shape index (κ2) is 10.9. The molecule has 33 heavy (non-hydrogen) atoms. The van der Waals surface area contributed by atoms with E-state index in [1.807, 2.05) is 37.3 Å². The molecule has 2 aliphatic heterocycles. The first-order valence-corrected chi connectivity index (χ1v) is 13.3. The maximum absolute atomic E-state index is 13.7. The second-order valence-corrected chi connectivity index (χ2v) is 10.9. The molecule has 1 amide bonds. The molecule has 0 saturated carbocycles. The topological polar surface area (TPSA) is 39.7 Å². The summed E-state index contributed by atoms with van der Waals surface area (Å²) in [5.41, 5.74) is 3.10. The zero-order valence-electron chi connectivity index (χ0n) is 20.5. The van der Waals surface area contributed by atoms with Crippen LogP contribution in [-0.4, -0.2) is 55.1 Å². The summed E-state index contributed by atoms with van der Waals surface area (Å²) in [6.07, 6.45) is 11.0. The fourth-order valence-corrected chi connectivity index (χ4v) is 6.56. The average molecular weight is 467 g/mol. The lowest BCUT2D eigenvalue weighted by Gasteiger charge is -2.39. The molecular formula is C27H38N4OS. The van der Waals surface area contributed by atoms with Crippen LogP contribution in [0, 0.1) is 0 Å². The number of carbonyl (C=O) groups is 1. The number of unbranched alkanes of at least 4 members (excludes halogenated alkanes) is 2. The Bertz CT molecular complexity index is 939. The second-order valence-electron chi connectivity index (χ2n) is 9.71. The quantitative estimate of drug-likeness (QED) is 0.463. The van der Waals surface area contributed by atoms with Gasteiger partial charge >= 0.3 is 0 Å². The minimum Gasteiger partial charge on any atom is -0.377 e. The predicted octanol–water partition coefficient (Wildman–Crippen LogP) is 5.76. The minimum absolute atomic E-state index is 0.174. The summed E-state index contributed by atoms with van der Waals surface area (Å²) in [5.74, 6) is 0.174. The van der Waals surface area contributed by atoms with E-state index in [4.69, 9.17) is 0 Å². The highest BCUT2D eigenvalue weighted by molar-refractivity contribution is 8.00. The molecule has 0 N–H and O–H groups in total. The Morgan fingerprint density at radius 2 is 1.76 bits per heavy atom. The molecule has 3 heterocycles. The lowest BCUT2D eigenvalue weighted by atomic mass is 9.97. The van der Waals surface area contributed by atoms with Gasteiger partial charge in [0.2, 0.25) is 5.91 Å². The van der Waals surface area contributed by atoms with Crippen LogP contribution in [0.1, 0.15) is 63.2 Å². The molecule has 0 radical (unpaired) electrons. The van der Waals surface area contributed by atoms with Gasteiger partial charge in [0, 0.05) is 61.3 Å². The maximum atomic E-state index is 13.7. The number of hydrogen-bond donors (Lipinski definition) is 0. The third kappa shape index (κ3) is 5.38. The van der Waals surface area contributed by atoms with E-state index in [-0.39, 0.29) is 11.2 Å². The van der Waals surface area contributed by atoms with Crippen molar-refractivity contribution >= 4 is 29.0 Å². The Kier molecular flexibility index (Phi) is 7.97. The zero-order valence-corrected chi connectivity index (χ0v) is 21.4. The number of pyridine rings is 1. The van der Waals surface area contributed by atoms with Crippen molar-refractivity contribution in [1.82, 2.24) is 9.88 Å². The smallest absolute Gasteiger partial charge is 0.245 e.